The van der Waals surface area contributed by atoms with Crippen molar-refractivity contribution in [2.24, 2.45) is 0 Å². The number of benzene rings is 1. The Morgan fingerprint density at radius 1 is 0.760 bits per heavy atom. The molecule has 0 aliphatic carbocycles. The molecular formula is C18H23NO6. The summed E-state index contributed by atoms with van der Waals surface area (Å²) in [6, 6.07) is 5.25. The van der Waals surface area contributed by atoms with Gasteiger partial charge in [0.05, 0.1) is 45.2 Å². The monoisotopic (exact) mass is 349 g/mol. The summed E-state index contributed by atoms with van der Waals surface area (Å²) >= 11 is 0. The topological polar surface area (TPSA) is 79.0 Å². The maximum atomic E-state index is 11.7. The molecule has 0 unspecified atom stereocenters. The van der Waals surface area contributed by atoms with Crippen LogP contribution in [0.3, 0.4) is 0 Å². The Kier molecular flexibility index (Phi) is 6.27. The minimum atomic E-state index is -0.139. The summed E-state index contributed by atoms with van der Waals surface area (Å²) in [5.41, 5.74) is 1.47. The molecule has 0 fully saturated rings. The summed E-state index contributed by atoms with van der Waals surface area (Å²) in [5, 5.41) is 0.922. The van der Waals surface area contributed by atoms with E-state index in [1.165, 1.54) is 0 Å². The molecule has 2 heterocycles. The van der Waals surface area contributed by atoms with E-state index in [9.17, 15) is 4.79 Å². The van der Waals surface area contributed by atoms with Crippen LogP contribution in [0.5, 0.6) is 11.5 Å². The highest BCUT2D eigenvalue weighted by atomic mass is 16.6. The maximum absolute atomic E-state index is 11.7. The van der Waals surface area contributed by atoms with Gasteiger partial charge in [0.25, 0.3) is 0 Å². The lowest BCUT2D eigenvalue weighted by Crippen LogP contribution is -2.13. The zero-order chi connectivity index (χ0) is 17.5. The van der Waals surface area contributed by atoms with E-state index in [0.717, 1.165) is 16.5 Å². The first-order valence-electron chi connectivity index (χ1n) is 8.40. The fraction of sp³-hybridized carbons (Fsp3) is 0.500. The lowest BCUT2D eigenvalue weighted by atomic mass is 10.1. The van der Waals surface area contributed by atoms with Crippen LogP contribution in [-0.2, 0) is 14.2 Å². The zero-order valence-electron chi connectivity index (χ0n) is 14.3. The van der Waals surface area contributed by atoms with Crippen LogP contribution < -0.4 is 15.0 Å². The summed E-state index contributed by atoms with van der Waals surface area (Å²) in [5.74, 6) is 1.20. The first-order chi connectivity index (χ1) is 12.2. The summed E-state index contributed by atoms with van der Waals surface area (Å²) in [7, 11) is 0. The number of aryl methyl sites for hydroxylation is 1. The molecular weight excluding hydrogens is 326 g/mol. The summed E-state index contributed by atoms with van der Waals surface area (Å²) in [4.78, 5) is 14.5. The molecule has 3 rings (SSSR count). The van der Waals surface area contributed by atoms with Gasteiger partial charge in [-0.2, -0.15) is 0 Å². The van der Waals surface area contributed by atoms with Gasteiger partial charge in [0, 0.05) is 17.5 Å². The second-order valence-electron chi connectivity index (χ2n) is 5.70. The molecule has 1 aliphatic rings. The fourth-order valence-corrected chi connectivity index (χ4v) is 2.62. The molecule has 1 aliphatic heterocycles. The molecule has 0 atom stereocenters. The molecule has 1 aromatic carbocycles. The average Bonchev–Trinajstić information content (AvgIpc) is 2.59. The van der Waals surface area contributed by atoms with Crippen molar-refractivity contribution in [3.63, 3.8) is 0 Å². The van der Waals surface area contributed by atoms with E-state index in [2.05, 4.69) is 4.98 Å². The maximum Gasteiger partial charge on any atom is 0.248 e. The third kappa shape index (κ3) is 4.94. The van der Waals surface area contributed by atoms with E-state index in [1.54, 1.807) is 12.1 Å². The molecule has 0 amide bonds. The number of aromatic nitrogens is 1. The molecule has 25 heavy (non-hydrogen) atoms. The highest BCUT2D eigenvalue weighted by molar-refractivity contribution is 5.85. The molecule has 0 saturated carbocycles. The van der Waals surface area contributed by atoms with Gasteiger partial charge in [0.2, 0.25) is 5.56 Å². The van der Waals surface area contributed by atoms with Gasteiger partial charge < -0.3 is 28.7 Å². The molecule has 7 heteroatoms. The van der Waals surface area contributed by atoms with Gasteiger partial charge in [0.1, 0.15) is 13.2 Å². The largest absolute Gasteiger partial charge is 0.487 e. The quantitative estimate of drug-likeness (QED) is 0.779. The lowest BCUT2D eigenvalue weighted by Gasteiger charge is -2.15. The molecule has 1 N–H and O–H groups in total. The molecule has 136 valence electrons. The number of ether oxygens (including phenoxy) is 5. The second kappa shape index (κ2) is 8.84. The van der Waals surface area contributed by atoms with Crippen molar-refractivity contribution in [1.29, 1.82) is 0 Å². The summed E-state index contributed by atoms with van der Waals surface area (Å²) < 4.78 is 27.9. The van der Waals surface area contributed by atoms with Gasteiger partial charge in [-0.3, -0.25) is 4.79 Å². The van der Waals surface area contributed by atoms with Crippen LogP contribution in [-0.4, -0.2) is 57.8 Å². The average molecular weight is 349 g/mol. The predicted molar refractivity (Wildman–Crippen MR) is 92.8 cm³/mol. The third-order valence-corrected chi connectivity index (χ3v) is 3.83. The van der Waals surface area contributed by atoms with Gasteiger partial charge in [0.15, 0.2) is 11.5 Å². The van der Waals surface area contributed by atoms with Crippen LogP contribution in [0.4, 0.5) is 0 Å². The smallest absolute Gasteiger partial charge is 0.248 e. The Labute approximate surface area is 145 Å². The van der Waals surface area contributed by atoms with Crippen LogP contribution in [0.1, 0.15) is 5.56 Å². The van der Waals surface area contributed by atoms with E-state index >= 15 is 0 Å². The Morgan fingerprint density at radius 2 is 1.28 bits per heavy atom. The second-order valence-corrected chi connectivity index (χ2v) is 5.70. The molecule has 0 spiro atoms. The number of hydrogen-bond donors (Lipinski definition) is 1. The number of H-pyrrole nitrogens is 1. The van der Waals surface area contributed by atoms with Gasteiger partial charge in [-0.05, 0) is 18.6 Å². The fourth-order valence-electron chi connectivity index (χ4n) is 2.62. The van der Waals surface area contributed by atoms with Gasteiger partial charge >= 0.3 is 0 Å². The number of fused-ring (bicyclic) bond motifs is 2. The van der Waals surface area contributed by atoms with Gasteiger partial charge in [-0.25, -0.2) is 0 Å². The molecule has 0 radical (unpaired) electrons. The minimum Gasteiger partial charge on any atom is -0.487 e. The van der Waals surface area contributed by atoms with E-state index < -0.39 is 0 Å². The molecule has 7 nitrogen and oxygen atoms in total. The van der Waals surface area contributed by atoms with Crippen molar-refractivity contribution >= 4 is 10.9 Å². The van der Waals surface area contributed by atoms with E-state index in [0.29, 0.717) is 64.4 Å². The standard InChI is InChI=1S/C18H23NO6/c1-13-10-18(20)19-15-12-17-16(11-14(13)15)24-8-6-22-4-2-21-3-5-23-7-9-25-17/h10-12H,2-9H2,1H3,(H,19,20). The normalized spacial score (nSPS) is 17.6. The molecule has 0 saturated heterocycles. The van der Waals surface area contributed by atoms with Crippen molar-refractivity contribution in [2.75, 3.05) is 52.9 Å². The van der Waals surface area contributed by atoms with Crippen molar-refractivity contribution in [3.05, 3.63) is 34.1 Å². The van der Waals surface area contributed by atoms with E-state index in [-0.39, 0.29) is 5.56 Å². The van der Waals surface area contributed by atoms with Crippen molar-refractivity contribution < 1.29 is 23.7 Å². The van der Waals surface area contributed by atoms with Crippen LogP contribution in [0.25, 0.3) is 10.9 Å². The Morgan fingerprint density at radius 3 is 1.88 bits per heavy atom. The van der Waals surface area contributed by atoms with Crippen molar-refractivity contribution in [3.8, 4) is 11.5 Å². The van der Waals surface area contributed by atoms with Crippen LogP contribution in [0.2, 0.25) is 0 Å². The Hall–Kier alpha value is -2.09. The van der Waals surface area contributed by atoms with Gasteiger partial charge in [-0.1, -0.05) is 0 Å². The van der Waals surface area contributed by atoms with Crippen LogP contribution >= 0.6 is 0 Å². The number of nitrogens with one attached hydrogen (secondary N) is 1. The highest BCUT2D eigenvalue weighted by Crippen LogP contribution is 2.32. The molecule has 0 bridgehead atoms. The van der Waals surface area contributed by atoms with E-state index in [1.807, 2.05) is 13.0 Å². The van der Waals surface area contributed by atoms with Crippen LogP contribution in [0.15, 0.2) is 23.0 Å². The third-order valence-electron chi connectivity index (χ3n) is 3.83. The van der Waals surface area contributed by atoms with Crippen molar-refractivity contribution in [2.45, 2.75) is 6.92 Å². The molecule has 1 aromatic heterocycles. The Bertz CT molecular complexity index is 757. The lowest BCUT2D eigenvalue weighted by molar-refractivity contribution is 0.00708. The minimum absolute atomic E-state index is 0.139. The first kappa shape index (κ1) is 17.7. The van der Waals surface area contributed by atoms with Crippen molar-refractivity contribution in [1.82, 2.24) is 4.98 Å². The first-order valence-corrected chi connectivity index (χ1v) is 8.40. The number of hydrogen-bond acceptors (Lipinski definition) is 6. The molecule has 2 aromatic rings. The van der Waals surface area contributed by atoms with Crippen LogP contribution in [0, 0.1) is 6.92 Å². The zero-order valence-corrected chi connectivity index (χ0v) is 14.3. The SMILES string of the molecule is Cc1cc(=O)[nH]c2cc3c(cc12)OCCOCCOCCOCCO3. The number of pyridine rings is 1. The summed E-state index contributed by atoms with van der Waals surface area (Å²) in [6.07, 6.45) is 0. The number of rotatable bonds is 0. The summed E-state index contributed by atoms with van der Waals surface area (Å²) in [6.45, 7) is 5.68. The highest BCUT2D eigenvalue weighted by Gasteiger charge is 2.11. The predicted octanol–water partition coefficient (Wildman–Crippen LogP) is 1.66. The van der Waals surface area contributed by atoms with Gasteiger partial charge in [-0.15, -0.1) is 0 Å². The Balaban J connectivity index is 1.84. The van der Waals surface area contributed by atoms with E-state index in [4.69, 9.17) is 23.7 Å². The number of aromatic amines is 1.